The van der Waals surface area contributed by atoms with E-state index in [4.69, 9.17) is 0 Å². The van der Waals surface area contributed by atoms with Crippen LogP contribution in [0.2, 0.25) is 0 Å². The molecule has 2 aromatic rings. The first-order valence-electron chi connectivity index (χ1n) is 6.61. The molecule has 0 spiro atoms. The highest BCUT2D eigenvalue weighted by Crippen LogP contribution is 2.10. The Bertz CT molecular complexity index is 573. The van der Waals surface area contributed by atoms with E-state index in [1.165, 1.54) is 0 Å². The number of nitrogens with one attached hydrogen (secondary N) is 1. The maximum atomic E-state index is 12.1. The molecule has 0 atom stereocenters. The Kier molecular flexibility index (Phi) is 3.41. The van der Waals surface area contributed by atoms with Gasteiger partial charge in [0.15, 0.2) is 0 Å². The van der Waals surface area contributed by atoms with Gasteiger partial charge in [-0.05, 0) is 12.1 Å². The molecule has 1 aromatic heterocycles. The number of rotatable bonds is 3. The van der Waals surface area contributed by atoms with Crippen molar-refractivity contribution in [3.63, 3.8) is 0 Å². The maximum absolute atomic E-state index is 12.1. The molecule has 1 amide bonds. The number of carbonyl (C=O) groups is 1. The second-order valence-electron chi connectivity index (χ2n) is 4.68. The van der Waals surface area contributed by atoms with Crippen LogP contribution in [-0.2, 0) is 11.3 Å². The second-order valence-corrected chi connectivity index (χ2v) is 4.68. The number of aryl methyl sites for hydroxylation is 1. The van der Waals surface area contributed by atoms with Gasteiger partial charge in [-0.25, -0.2) is 4.68 Å². The van der Waals surface area contributed by atoms with Crippen molar-refractivity contribution in [2.24, 2.45) is 0 Å². The minimum Gasteiger partial charge on any atom is -0.340 e. The number of hydrogen-bond acceptors (Lipinski definition) is 4. The van der Waals surface area contributed by atoms with Crippen molar-refractivity contribution in [3.05, 3.63) is 24.3 Å². The van der Waals surface area contributed by atoms with Crippen LogP contribution >= 0.6 is 0 Å². The molecular formula is C13H17N5O. The van der Waals surface area contributed by atoms with Gasteiger partial charge in [-0.2, -0.15) is 0 Å². The quantitative estimate of drug-likeness (QED) is 0.858. The molecule has 19 heavy (non-hydrogen) atoms. The third kappa shape index (κ3) is 2.58. The van der Waals surface area contributed by atoms with E-state index in [2.05, 4.69) is 15.6 Å². The first-order chi connectivity index (χ1) is 9.34. The highest BCUT2D eigenvalue weighted by Gasteiger charge is 2.16. The normalized spacial score (nSPS) is 15.9. The third-order valence-corrected chi connectivity index (χ3v) is 3.43. The van der Waals surface area contributed by atoms with E-state index >= 15 is 0 Å². The monoisotopic (exact) mass is 259 g/mol. The summed E-state index contributed by atoms with van der Waals surface area (Å²) >= 11 is 0. The van der Waals surface area contributed by atoms with Gasteiger partial charge in [0.05, 0.1) is 12.1 Å². The number of nitrogens with zero attached hydrogens (tertiary/aromatic N) is 4. The van der Waals surface area contributed by atoms with Gasteiger partial charge >= 0.3 is 0 Å². The number of carbonyl (C=O) groups excluding carboxylic acids is 1. The molecular weight excluding hydrogens is 242 g/mol. The van der Waals surface area contributed by atoms with Gasteiger partial charge < -0.3 is 10.2 Å². The number of amides is 1. The molecule has 100 valence electrons. The Labute approximate surface area is 111 Å². The predicted octanol–water partition coefficient (Wildman–Crippen LogP) is 0.253. The van der Waals surface area contributed by atoms with Crippen molar-refractivity contribution in [3.8, 4) is 0 Å². The molecule has 1 aliphatic heterocycles. The summed E-state index contributed by atoms with van der Waals surface area (Å²) in [6, 6.07) is 7.80. The van der Waals surface area contributed by atoms with Gasteiger partial charge in [0.25, 0.3) is 0 Å². The second kappa shape index (κ2) is 5.36. The van der Waals surface area contributed by atoms with Crippen LogP contribution in [0, 0.1) is 0 Å². The fourth-order valence-electron chi connectivity index (χ4n) is 2.36. The first-order valence-corrected chi connectivity index (χ1v) is 6.61. The van der Waals surface area contributed by atoms with Crippen molar-refractivity contribution >= 4 is 16.9 Å². The number of fused-ring (bicyclic) bond motifs is 1. The topological polar surface area (TPSA) is 63.1 Å². The van der Waals surface area contributed by atoms with Crippen molar-refractivity contribution in [1.82, 2.24) is 25.2 Å². The van der Waals surface area contributed by atoms with E-state index in [0.717, 1.165) is 37.2 Å². The average Bonchev–Trinajstić information content (AvgIpc) is 2.89. The molecule has 6 nitrogen and oxygen atoms in total. The zero-order valence-electron chi connectivity index (χ0n) is 10.7. The number of aromatic nitrogens is 3. The van der Waals surface area contributed by atoms with E-state index < -0.39 is 0 Å². The van der Waals surface area contributed by atoms with Crippen molar-refractivity contribution in [2.45, 2.75) is 13.0 Å². The summed E-state index contributed by atoms with van der Waals surface area (Å²) in [4.78, 5) is 14.0. The largest absolute Gasteiger partial charge is 0.340 e. The highest BCUT2D eigenvalue weighted by atomic mass is 16.2. The van der Waals surface area contributed by atoms with Crippen LogP contribution in [-0.4, -0.2) is 52.0 Å². The fourth-order valence-corrected chi connectivity index (χ4v) is 2.36. The molecule has 0 aliphatic carbocycles. The summed E-state index contributed by atoms with van der Waals surface area (Å²) in [6.07, 6.45) is 0.480. The summed E-state index contributed by atoms with van der Waals surface area (Å²) in [6.45, 7) is 3.97. The van der Waals surface area contributed by atoms with Crippen LogP contribution in [0.15, 0.2) is 24.3 Å². The van der Waals surface area contributed by atoms with Crippen LogP contribution in [0.5, 0.6) is 0 Å². The molecule has 1 aromatic carbocycles. The zero-order valence-corrected chi connectivity index (χ0v) is 10.7. The maximum Gasteiger partial charge on any atom is 0.224 e. The lowest BCUT2D eigenvalue weighted by Crippen LogP contribution is -2.46. The molecule has 0 saturated carbocycles. The van der Waals surface area contributed by atoms with Crippen molar-refractivity contribution in [1.29, 1.82) is 0 Å². The highest BCUT2D eigenvalue weighted by molar-refractivity contribution is 5.77. The van der Waals surface area contributed by atoms with E-state index in [0.29, 0.717) is 13.0 Å². The first kappa shape index (κ1) is 12.1. The van der Waals surface area contributed by atoms with Gasteiger partial charge in [-0.3, -0.25) is 4.79 Å². The van der Waals surface area contributed by atoms with Crippen molar-refractivity contribution < 1.29 is 4.79 Å². The zero-order chi connectivity index (χ0) is 13.1. The number of piperazine rings is 1. The fraction of sp³-hybridized carbons (Fsp3) is 0.462. The van der Waals surface area contributed by atoms with E-state index in [-0.39, 0.29) is 5.91 Å². The molecule has 0 unspecified atom stereocenters. The summed E-state index contributed by atoms with van der Waals surface area (Å²) in [5.74, 6) is 0.195. The lowest BCUT2D eigenvalue weighted by Gasteiger charge is -2.27. The number of benzene rings is 1. The Hall–Kier alpha value is -1.95. The van der Waals surface area contributed by atoms with E-state index in [9.17, 15) is 4.79 Å². The third-order valence-electron chi connectivity index (χ3n) is 3.43. The minimum absolute atomic E-state index is 0.195. The summed E-state index contributed by atoms with van der Waals surface area (Å²) in [5.41, 5.74) is 1.85. The van der Waals surface area contributed by atoms with Crippen LogP contribution < -0.4 is 5.32 Å². The lowest BCUT2D eigenvalue weighted by atomic mass is 10.3. The molecule has 2 heterocycles. The summed E-state index contributed by atoms with van der Waals surface area (Å²) in [5, 5.41) is 11.4. The van der Waals surface area contributed by atoms with Crippen molar-refractivity contribution in [2.75, 3.05) is 26.2 Å². The van der Waals surface area contributed by atoms with Gasteiger partial charge in [0, 0.05) is 32.6 Å². The van der Waals surface area contributed by atoms with Crippen LogP contribution in [0.3, 0.4) is 0 Å². The van der Waals surface area contributed by atoms with Gasteiger partial charge in [-0.15, -0.1) is 5.10 Å². The molecule has 0 radical (unpaired) electrons. The smallest absolute Gasteiger partial charge is 0.224 e. The SMILES string of the molecule is O=C(CCn1nnc2ccccc21)N1CCNCC1. The Balaban J connectivity index is 1.64. The molecule has 1 N–H and O–H groups in total. The van der Waals surface area contributed by atoms with Crippen LogP contribution in [0.25, 0.3) is 11.0 Å². The number of para-hydroxylation sites is 1. The standard InChI is InChI=1S/C13H17N5O/c19-13(17-9-6-14-7-10-17)5-8-18-12-4-2-1-3-11(12)15-16-18/h1-4,14H,5-10H2. The predicted molar refractivity (Wildman–Crippen MR) is 71.6 cm³/mol. The molecule has 1 fully saturated rings. The Morgan fingerprint density at radius 3 is 2.89 bits per heavy atom. The molecule has 0 bridgehead atoms. The number of hydrogen-bond donors (Lipinski definition) is 1. The van der Waals surface area contributed by atoms with Gasteiger partial charge in [0.1, 0.15) is 5.52 Å². The molecule has 1 aliphatic rings. The lowest BCUT2D eigenvalue weighted by molar-refractivity contribution is -0.132. The van der Waals surface area contributed by atoms with Gasteiger partial charge in [0.2, 0.25) is 5.91 Å². The molecule has 3 rings (SSSR count). The minimum atomic E-state index is 0.195. The van der Waals surface area contributed by atoms with E-state index in [1.54, 1.807) is 4.68 Å². The molecule has 6 heteroatoms. The average molecular weight is 259 g/mol. The Morgan fingerprint density at radius 1 is 1.26 bits per heavy atom. The van der Waals surface area contributed by atoms with E-state index in [1.807, 2.05) is 29.2 Å². The summed E-state index contributed by atoms with van der Waals surface area (Å²) in [7, 11) is 0. The van der Waals surface area contributed by atoms with Gasteiger partial charge in [-0.1, -0.05) is 17.3 Å². The van der Waals surface area contributed by atoms with Crippen LogP contribution in [0.4, 0.5) is 0 Å². The van der Waals surface area contributed by atoms with Crippen LogP contribution in [0.1, 0.15) is 6.42 Å². The summed E-state index contributed by atoms with van der Waals surface area (Å²) < 4.78 is 1.80. The molecule has 1 saturated heterocycles. The Morgan fingerprint density at radius 2 is 2.05 bits per heavy atom.